The number of aromatic nitrogens is 3. The van der Waals surface area contributed by atoms with Crippen LogP contribution in [0.1, 0.15) is 33.1 Å². The zero-order chi connectivity index (χ0) is 20.1. The van der Waals surface area contributed by atoms with Crippen molar-refractivity contribution >= 4 is 40.6 Å². The molecule has 1 amide bonds. The van der Waals surface area contributed by atoms with Gasteiger partial charge in [-0.05, 0) is 57.8 Å². The SMILES string of the molecule is O=C(NC(c1ccc(Cl)cc1)c1ccsc1)c1ccc(CSc2ncn[nH]2)cc1. The molecule has 1 unspecified atom stereocenters. The maximum atomic E-state index is 12.9. The number of H-pyrrole nitrogens is 1. The Hall–Kier alpha value is -2.61. The summed E-state index contributed by atoms with van der Waals surface area (Å²) in [6.45, 7) is 0. The molecule has 0 fully saturated rings. The van der Waals surface area contributed by atoms with Crippen molar-refractivity contribution < 1.29 is 4.79 Å². The number of hydrogen-bond acceptors (Lipinski definition) is 5. The molecule has 29 heavy (non-hydrogen) atoms. The molecule has 2 aromatic heterocycles. The summed E-state index contributed by atoms with van der Waals surface area (Å²) < 4.78 is 0. The molecule has 0 saturated carbocycles. The Morgan fingerprint density at radius 3 is 2.55 bits per heavy atom. The van der Waals surface area contributed by atoms with Gasteiger partial charge in [0.2, 0.25) is 0 Å². The van der Waals surface area contributed by atoms with Crippen molar-refractivity contribution in [3.05, 3.63) is 99.0 Å². The number of hydrogen-bond donors (Lipinski definition) is 2. The molecule has 1 atom stereocenters. The Morgan fingerprint density at radius 2 is 1.90 bits per heavy atom. The molecular weight excluding hydrogens is 424 g/mol. The number of aromatic amines is 1. The van der Waals surface area contributed by atoms with Crippen molar-refractivity contribution in [3.8, 4) is 0 Å². The number of rotatable bonds is 7. The first-order valence-electron chi connectivity index (χ1n) is 8.84. The van der Waals surface area contributed by atoms with Crippen molar-refractivity contribution in [2.75, 3.05) is 0 Å². The highest BCUT2D eigenvalue weighted by Crippen LogP contribution is 2.26. The highest BCUT2D eigenvalue weighted by molar-refractivity contribution is 7.98. The summed E-state index contributed by atoms with van der Waals surface area (Å²) in [7, 11) is 0. The number of carbonyl (C=O) groups excluding carboxylic acids is 1. The second kappa shape index (κ2) is 9.26. The minimum atomic E-state index is -0.229. The lowest BCUT2D eigenvalue weighted by Gasteiger charge is -2.19. The average Bonchev–Trinajstić information content (AvgIpc) is 3.46. The quantitative estimate of drug-likeness (QED) is 0.381. The smallest absolute Gasteiger partial charge is 0.252 e. The third kappa shape index (κ3) is 5.06. The van der Waals surface area contributed by atoms with E-state index < -0.39 is 0 Å². The minimum absolute atomic E-state index is 0.120. The predicted octanol–water partition coefficient (Wildman–Crippen LogP) is 5.33. The maximum Gasteiger partial charge on any atom is 0.252 e. The molecule has 0 aliphatic rings. The largest absolute Gasteiger partial charge is 0.341 e. The lowest BCUT2D eigenvalue weighted by molar-refractivity contribution is 0.0943. The second-order valence-electron chi connectivity index (χ2n) is 6.29. The van der Waals surface area contributed by atoms with Crippen molar-refractivity contribution in [1.82, 2.24) is 20.5 Å². The number of carbonyl (C=O) groups is 1. The number of benzene rings is 2. The van der Waals surface area contributed by atoms with Crippen LogP contribution in [-0.4, -0.2) is 21.1 Å². The van der Waals surface area contributed by atoms with Crippen molar-refractivity contribution in [3.63, 3.8) is 0 Å². The molecule has 2 aromatic carbocycles. The molecular formula is C21H17ClN4OS2. The van der Waals surface area contributed by atoms with Crippen LogP contribution in [0.2, 0.25) is 5.02 Å². The Kier molecular flexibility index (Phi) is 6.29. The number of thioether (sulfide) groups is 1. The third-order valence-electron chi connectivity index (χ3n) is 4.34. The third-order valence-corrected chi connectivity index (χ3v) is 6.24. The van der Waals surface area contributed by atoms with Crippen LogP contribution in [0, 0.1) is 0 Å². The molecule has 146 valence electrons. The van der Waals surface area contributed by atoms with E-state index in [2.05, 4.69) is 20.5 Å². The fourth-order valence-electron chi connectivity index (χ4n) is 2.84. The fourth-order valence-corrected chi connectivity index (χ4v) is 4.38. The van der Waals surface area contributed by atoms with E-state index in [1.165, 1.54) is 6.33 Å². The van der Waals surface area contributed by atoms with E-state index in [0.29, 0.717) is 10.6 Å². The van der Waals surface area contributed by atoms with Crippen LogP contribution in [0.3, 0.4) is 0 Å². The standard InChI is InChI=1S/C21H17ClN4OS2/c22-18-7-5-15(6-8-18)19(17-9-10-28-12-17)25-20(27)16-3-1-14(2-4-16)11-29-21-23-13-24-26-21/h1-10,12-13,19H,11H2,(H,25,27)(H,23,24,26). The summed E-state index contributed by atoms with van der Waals surface area (Å²) in [4.78, 5) is 17.0. The molecule has 0 aliphatic heterocycles. The van der Waals surface area contributed by atoms with E-state index in [0.717, 1.165) is 27.6 Å². The molecule has 8 heteroatoms. The Bertz CT molecular complexity index is 1050. The zero-order valence-corrected chi connectivity index (χ0v) is 17.6. The monoisotopic (exact) mass is 440 g/mol. The van der Waals surface area contributed by atoms with Gasteiger partial charge in [-0.3, -0.25) is 9.89 Å². The lowest BCUT2D eigenvalue weighted by Crippen LogP contribution is -2.29. The van der Waals surface area contributed by atoms with Gasteiger partial charge < -0.3 is 5.32 Å². The Morgan fingerprint density at radius 1 is 1.10 bits per heavy atom. The molecule has 0 saturated heterocycles. The molecule has 5 nitrogen and oxygen atoms in total. The van der Waals surface area contributed by atoms with Gasteiger partial charge in [-0.1, -0.05) is 47.6 Å². The molecule has 0 radical (unpaired) electrons. The van der Waals surface area contributed by atoms with Crippen LogP contribution in [0.5, 0.6) is 0 Å². The van der Waals surface area contributed by atoms with Crippen LogP contribution in [0.15, 0.2) is 76.8 Å². The Labute approximate surface area is 181 Å². The van der Waals surface area contributed by atoms with Gasteiger partial charge in [0.15, 0.2) is 5.16 Å². The van der Waals surface area contributed by atoms with Crippen LogP contribution < -0.4 is 5.32 Å². The van der Waals surface area contributed by atoms with E-state index in [1.54, 1.807) is 23.1 Å². The summed E-state index contributed by atoms with van der Waals surface area (Å²) >= 11 is 9.19. The minimum Gasteiger partial charge on any atom is -0.341 e. The normalized spacial score (nSPS) is 11.9. The van der Waals surface area contributed by atoms with Crippen molar-refractivity contribution in [2.24, 2.45) is 0 Å². The van der Waals surface area contributed by atoms with Crippen LogP contribution in [0.25, 0.3) is 0 Å². The summed E-state index contributed by atoms with van der Waals surface area (Å²) in [6, 6.07) is 17.0. The van der Waals surface area contributed by atoms with Gasteiger partial charge >= 0.3 is 0 Å². The molecule has 4 rings (SSSR count). The maximum absolute atomic E-state index is 12.9. The van der Waals surface area contributed by atoms with Crippen LogP contribution in [0.4, 0.5) is 0 Å². The first-order valence-corrected chi connectivity index (χ1v) is 11.2. The fraction of sp³-hybridized carbons (Fsp3) is 0.0952. The highest BCUT2D eigenvalue weighted by atomic mass is 35.5. The van der Waals surface area contributed by atoms with Gasteiger partial charge in [-0.15, -0.1) is 0 Å². The van der Waals surface area contributed by atoms with Crippen molar-refractivity contribution in [2.45, 2.75) is 17.0 Å². The van der Waals surface area contributed by atoms with E-state index in [-0.39, 0.29) is 11.9 Å². The first kappa shape index (κ1) is 19.7. The molecule has 0 spiro atoms. The Balaban J connectivity index is 1.46. The van der Waals surface area contributed by atoms with Gasteiger partial charge in [-0.25, -0.2) is 4.98 Å². The van der Waals surface area contributed by atoms with Crippen molar-refractivity contribution in [1.29, 1.82) is 0 Å². The lowest BCUT2D eigenvalue weighted by atomic mass is 10.0. The van der Waals surface area contributed by atoms with Crippen LogP contribution >= 0.6 is 34.7 Å². The molecule has 0 bridgehead atoms. The average molecular weight is 441 g/mol. The summed E-state index contributed by atoms with van der Waals surface area (Å²) in [5, 5.41) is 15.3. The number of nitrogens with zero attached hydrogens (tertiary/aromatic N) is 2. The molecule has 2 N–H and O–H groups in total. The van der Waals surface area contributed by atoms with Gasteiger partial charge in [0, 0.05) is 16.3 Å². The van der Waals surface area contributed by atoms with Gasteiger partial charge in [0.05, 0.1) is 6.04 Å². The summed E-state index contributed by atoms with van der Waals surface area (Å²) in [6.07, 6.45) is 1.49. The number of amides is 1. The predicted molar refractivity (Wildman–Crippen MR) is 117 cm³/mol. The molecule has 2 heterocycles. The summed E-state index contributed by atoms with van der Waals surface area (Å²) in [5.74, 6) is 0.630. The number of thiophene rings is 1. The van der Waals surface area contributed by atoms with Gasteiger partial charge in [0.25, 0.3) is 5.91 Å². The topological polar surface area (TPSA) is 70.7 Å². The van der Waals surface area contributed by atoms with Gasteiger partial charge in [0.1, 0.15) is 6.33 Å². The number of nitrogens with one attached hydrogen (secondary N) is 2. The zero-order valence-electron chi connectivity index (χ0n) is 15.2. The highest BCUT2D eigenvalue weighted by Gasteiger charge is 2.18. The van der Waals surface area contributed by atoms with Crippen LogP contribution in [-0.2, 0) is 5.75 Å². The van der Waals surface area contributed by atoms with E-state index in [1.807, 2.05) is 65.4 Å². The first-order chi connectivity index (χ1) is 14.2. The number of halogens is 1. The molecule has 4 aromatic rings. The summed E-state index contributed by atoms with van der Waals surface area (Å²) in [5.41, 5.74) is 3.76. The van der Waals surface area contributed by atoms with E-state index >= 15 is 0 Å². The molecule has 0 aliphatic carbocycles. The van der Waals surface area contributed by atoms with E-state index in [9.17, 15) is 4.79 Å². The van der Waals surface area contributed by atoms with E-state index in [4.69, 9.17) is 11.6 Å². The second-order valence-corrected chi connectivity index (χ2v) is 8.47. The van der Waals surface area contributed by atoms with Gasteiger partial charge in [-0.2, -0.15) is 16.4 Å².